The van der Waals surface area contributed by atoms with Crippen molar-refractivity contribution in [2.45, 2.75) is 44.0 Å². The average molecular weight is 128 g/mol. The number of rotatable bonds is 0. The summed E-state index contributed by atoms with van der Waals surface area (Å²) in [6.07, 6.45) is 5.03. The highest BCUT2D eigenvalue weighted by Gasteiger charge is 2.41. The fraction of sp³-hybridized carbons (Fsp3) is 1.00. The summed E-state index contributed by atoms with van der Waals surface area (Å²) in [5, 5.41) is 9.21. The molecule has 1 saturated heterocycles. The van der Waals surface area contributed by atoms with E-state index >= 15 is 0 Å². The molecule has 52 valence electrons. The normalized spacial score (nSPS) is 49.7. The molecule has 1 heterocycles. The third kappa shape index (κ3) is 1.10. The van der Waals surface area contributed by atoms with Crippen molar-refractivity contribution in [1.29, 1.82) is 0 Å². The summed E-state index contributed by atoms with van der Waals surface area (Å²) >= 11 is 0. The molecule has 0 radical (unpaired) electrons. The molecule has 2 nitrogen and oxygen atoms in total. The van der Waals surface area contributed by atoms with Crippen LogP contribution < -0.4 is 0 Å². The fourth-order valence-corrected chi connectivity index (χ4v) is 1.58. The zero-order valence-corrected chi connectivity index (χ0v) is 5.42. The second-order valence-electron chi connectivity index (χ2n) is 3.03. The lowest BCUT2D eigenvalue weighted by molar-refractivity contribution is 0.137. The molecule has 9 heavy (non-hydrogen) atoms. The Kier molecular flexibility index (Phi) is 1.24. The van der Waals surface area contributed by atoms with E-state index in [9.17, 15) is 5.11 Å². The minimum atomic E-state index is -0.0810. The Balaban J connectivity index is 1.92. The zero-order valence-electron chi connectivity index (χ0n) is 5.42. The van der Waals surface area contributed by atoms with E-state index in [1.165, 1.54) is 6.42 Å². The van der Waals surface area contributed by atoms with Crippen LogP contribution in [0.25, 0.3) is 0 Å². The summed E-state index contributed by atoms with van der Waals surface area (Å²) < 4.78 is 5.27. The van der Waals surface area contributed by atoms with Crippen LogP contribution in [0.1, 0.15) is 25.7 Å². The van der Waals surface area contributed by atoms with E-state index in [0.29, 0.717) is 12.2 Å². The average Bonchev–Trinajstić information content (AvgIpc) is 2.43. The molecule has 3 atom stereocenters. The van der Waals surface area contributed by atoms with Crippen LogP contribution in [-0.2, 0) is 4.74 Å². The van der Waals surface area contributed by atoms with Crippen molar-refractivity contribution in [2.24, 2.45) is 0 Å². The van der Waals surface area contributed by atoms with Crippen molar-refractivity contribution < 1.29 is 9.84 Å². The molecule has 0 amide bonds. The predicted molar refractivity (Wildman–Crippen MR) is 33.1 cm³/mol. The molecule has 0 aromatic heterocycles. The summed E-state index contributed by atoms with van der Waals surface area (Å²) in [6.45, 7) is 0. The SMILES string of the molecule is O[C@@H]1CCC[C@H]2O[C@H]2C1. The first-order valence-corrected chi connectivity index (χ1v) is 3.70. The number of ether oxygens (including phenoxy) is 1. The number of hydrogen-bond donors (Lipinski definition) is 1. The maximum absolute atomic E-state index is 9.21. The first-order valence-electron chi connectivity index (χ1n) is 3.70. The van der Waals surface area contributed by atoms with Gasteiger partial charge in [-0.3, -0.25) is 0 Å². The van der Waals surface area contributed by atoms with Crippen LogP contribution in [0.4, 0.5) is 0 Å². The van der Waals surface area contributed by atoms with Crippen LogP contribution in [0, 0.1) is 0 Å². The highest BCUT2D eigenvalue weighted by molar-refractivity contribution is 4.89. The van der Waals surface area contributed by atoms with Crippen molar-refractivity contribution in [3.63, 3.8) is 0 Å². The molecular weight excluding hydrogens is 116 g/mol. The fourth-order valence-electron chi connectivity index (χ4n) is 1.58. The Morgan fingerprint density at radius 1 is 1.22 bits per heavy atom. The van der Waals surface area contributed by atoms with E-state index in [1.807, 2.05) is 0 Å². The van der Waals surface area contributed by atoms with Gasteiger partial charge in [0.05, 0.1) is 18.3 Å². The van der Waals surface area contributed by atoms with Gasteiger partial charge in [0.2, 0.25) is 0 Å². The van der Waals surface area contributed by atoms with Crippen molar-refractivity contribution in [2.75, 3.05) is 0 Å². The number of aliphatic hydroxyl groups excluding tert-OH is 1. The lowest BCUT2D eigenvalue weighted by Gasteiger charge is -2.03. The standard InChI is InChI=1S/C7H12O2/c8-5-2-1-3-6-7(4-5)9-6/h5-8H,1-4H2/t5-,6-,7+/m1/s1. The summed E-state index contributed by atoms with van der Waals surface area (Å²) in [5.41, 5.74) is 0. The molecule has 2 aliphatic rings. The topological polar surface area (TPSA) is 32.8 Å². The summed E-state index contributed by atoms with van der Waals surface area (Å²) in [4.78, 5) is 0. The number of aliphatic hydroxyl groups is 1. The Hall–Kier alpha value is -0.0800. The van der Waals surface area contributed by atoms with Crippen LogP contribution in [0.5, 0.6) is 0 Å². The minimum Gasteiger partial charge on any atom is -0.393 e. The largest absolute Gasteiger partial charge is 0.393 e. The maximum Gasteiger partial charge on any atom is 0.0866 e. The molecule has 2 heteroatoms. The van der Waals surface area contributed by atoms with Gasteiger partial charge >= 0.3 is 0 Å². The number of hydrogen-bond acceptors (Lipinski definition) is 2. The highest BCUT2D eigenvalue weighted by Crippen LogP contribution is 2.34. The molecule has 1 aliphatic heterocycles. The molecule has 1 aliphatic carbocycles. The Morgan fingerprint density at radius 2 is 2.11 bits per heavy atom. The van der Waals surface area contributed by atoms with Crippen molar-refractivity contribution >= 4 is 0 Å². The predicted octanol–water partition coefficient (Wildman–Crippen LogP) is 0.689. The third-order valence-corrected chi connectivity index (χ3v) is 2.22. The van der Waals surface area contributed by atoms with E-state index in [0.717, 1.165) is 19.3 Å². The monoisotopic (exact) mass is 128 g/mol. The molecule has 1 saturated carbocycles. The van der Waals surface area contributed by atoms with Gasteiger partial charge in [0.15, 0.2) is 0 Å². The van der Waals surface area contributed by atoms with Crippen LogP contribution >= 0.6 is 0 Å². The third-order valence-electron chi connectivity index (χ3n) is 2.22. The maximum atomic E-state index is 9.21. The Bertz CT molecular complexity index is 113. The van der Waals surface area contributed by atoms with Gasteiger partial charge in [-0.25, -0.2) is 0 Å². The van der Waals surface area contributed by atoms with Crippen molar-refractivity contribution in [3.8, 4) is 0 Å². The molecular formula is C7H12O2. The van der Waals surface area contributed by atoms with Gasteiger partial charge in [0.1, 0.15) is 0 Å². The van der Waals surface area contributed by atoms with Gasteiger partial charge in [0, 0.05) is 6.42 Å². The molecule has 2 rings (SSSR count). The Morgan fingerprint density at radius 3 is 3.00 bits per heavy atom. The van der Waals surface area contributed by atoms with Crippen LogP contribution in [0.15, 0.2) is 0 Å². The second-order valence-corrected chi connectivity index (χ2v) is 3.03. The van der Waals surface area contributed by atoms with Gasteiger partial charge in [-0.15, -0.1) is 0 Å². The lowest BCUT2D eigenvalue weighted by Crippen LogP contribution is -2.07. The number of fused-ring (bicyclic) bond motifs is 1. The smallest absolute Gasteiger partial charge is 0.0866 e. The summed E-state index contributed by atoms with van der Waals surface area (Å²) in [6, 6.07) is 0. The molecule has 1 N–H and O–H groups in total. The van der Waals surface area contributed by atoms with Gasteiger partial charge in [-0.1, -0.05) is 0 Å². The second kappa shape index (κ2) is 1.96. The Labute approximate surface area is 54.8 Å². The van der Waals surface area contributed by atoms with Gasteiger partial charge in [-0.05, 0) is 19.3 Å². The van der Waals surface area contributed by atoms with Crippen molar-refractivity contribution in [3.05, 3.63) is 0 Å². The van der Waals surface area contributed by atoms with Crippen LogP contribution in [0.2, 0.25) is 0 Å². The molecule has 0 bridgehead atoms. The van der Waals surface area contributed by atoms with Crippen LogP contribution in [-0.4, -0.2) is 23.4 Å². The van der Waals surface area contributed by atoms with Gasteiger partial charge in [-0.2, -0.15) is 0 Å². The first-order chi connectivity index (χ1) is 4.36. The first kappa shape index (κ1) is 5.69. The lowest BCUT2D eigenvalue weighted by atomic mass is 10.1. The molecule has 0 unspecified atom stereocenters. The van der Waals surface area contributed by atoms with Crippen molar-refractivity contribution in [1.82, 2.24) is 0 Å². The van der Waals surface area contributed by atoms with Gasteiger partial charge in [0.25, 0.3) is 0 Å². The number of epoxide rings is 1. The van der Waals surface area contributed by atoms with E-state index < -0.39 is 0 Å². The van der Waals surface area contributed by atoms with E-state index in [-0.39, 0.29) is 6.10 Å². The summed E-state index contributed by atoms with van der Waals surface area (Å²) in [5.74, 6) is 0. The quantitative estimate of drug-likeness (QED) is 0.487. The molecule has 0 aromatic carbocycles. The summed E-state index contributed by atoms with van der Waals surface area (Å²) in [7, 11) is 0. The van der Waals surface area contributed by atoms with E-state index in [2.05, 4.69) is 0 Å². The van der Waals surface area contributed by atoms with Gasteiger partial charge < -0.3 is 9.84 Å². The van der Waals surface area contributed by atoms with Crippen LogP contribution in [0.3, 0.4) is 0 Å². The molecule has 0 spiro atoms. The zero-order chi connectivity index (χ0) is 6.27. The highest BCUT2D eigenvalue weighted by atomic mass is 16.6. The minimum absolute atomic E-state index is 0.0810. The molecule has 0 aromatic rings. The molecule has 2 fully saturated rings. The van der Waals surface area contributed by atoms with E-state index in [4.69, 9.17) is 4.74 Å². The van der Waals surface area contributed by atoms with E-state index in [1.54, 1.807) is 0 Å².